The highest BCUT2D eigenvalue weighted by atomic mass is 19.4. The van der Waals surface area contributed by atoms with E-state index in [1.54, 1.807) is 12.1 Å². The van der Waals surface area contributed by atoms with Gasteiger partial charge in [0.25, 0.3) is 0 Å². The molecular weight excluding hydrogens is 203 g/mol. The van der Waals surface area contributed by atoms with E-state index in [1.165, 1.54) is 12.1 Å². The predicted octanol–water partition coefficient (Wildman–Crippen LogP) is 3.20. The van der Waals surface area contributed by atoms with Crippen molar-refractivity contribution in [1.82, 2.24) is 0 Å². The van der Waals surface area contributed by atoms with Crippen LogP contribution < -0.4 is 5.73 Å². The Morgan fingerprint density at radius 1 is 1.20 bits per heavy atom. The van der Waals surface area contributed by atoms with Crippen LogP contribution in [0.25, 0.3) is 0 Å². The average molecular weight is 217 g/mol. The third kappa shape index (κ3) is 3.23. The summed E-state index contributed by atoms with van der Waals surface area (Å²) in [7, 11) is 0. The standard InChI is InChI=1S/C11H14F3N/c1-2-3-8-4-6-9(7-5-8)10(15)11(12,13)14/h4-7,10H,2-3,15H2,1H3/t10-/m0/s1. The summed E-state index contributed by atoms with van der Waals surface area (Å²) in [6.45, 7) is 2.02. The van der Waals surface area contributed by atoms with Gasteiger partial charge in [-0.1, -0.05) is 37.6 Å². The molecule has 1 atom stereocenters. The fraction of sp³-hybridized carbons (Fsp3) is 0.455. The quantitative estimate of drug-likeness (QED) is 0.826. The SMILES string of the molecule is CCCc1ccc([C@H](N)C(F)(F)F)cc1. The third-order valence-electron chi connectivity index (χ3n) is 2.23. The molecule has 0 aliphatic heterocycles. The molecule has 84 valence electrons. The molecule has 0 saturated heterocycles. The number of rotatable bonds is 3. The lowest BCUT2D eigenvalue weighted by atomic mass is 10.0. The van der Waals surface area contributed by atoms with Crippen LogP contribution in [0.15, 0.2) is 24.3 Å². The molecule has 1 aromatic carbocycles. The monoisotopic (exact) mass is 217 g/mol. The van der Waals surface area contributed by atoms with Crippen molar-refractivity contribution in [3.8, 4) is 0 Å². The van der Waals surface area contributed by atoms with Gasteiger partial charge in [0.05, 0.1) is 0 Å². The Kier molecular flexibility index (Phi) is 3.74. The van der Waals surface area contributed by atoms with Crippen LogP contribution in [-0.2, 0) is 6.42 Å². The zero-order chi connectivity index (χ0) is 11.5. The van der Waals surface area contributed by atoms with E-state index >= 15 is 0 Å². The highest BCUT2D eigenvalue weighted by Crippen LogP contribution is 2.30. The summed E-state index contributed by atoms with van der Waals surface area (Å²) in [6, 6.07) is 4.41. The molecule has 2 N–H and O–H groups in total. The maximum Gasteiger partial charge on any atom is 0.407 e. The molecule has 15 heavy (non-hydrogen) atoms. The van der Waals surface area contributed by atoms with Crippen molar-refractivity contribution in [1.29, 1.82) is 0 Å². The maximum atomic E-state index is 12.3. The van der Waals surface area contributed by atoms with Crippen LogP contribution >= 0.6 is 0 Å². The minimum Gasteiger partial charge on any atom is -0.316 e. The number of hydrogen-bond donors (Lipinski definition) is 1. The summed E-state index contributed by atoms with van der Waals surface area (Å²) in [4.78, 5) is 0. The highest BCUT2D eigenvalue weighted by Gasteiger charge is 2.37. The number of aryl methyl sites for hydroxylation is 1. The summed E-state index contributed by atoms with van der Waals surface area (Å²) in [6.07, 6.45) is -2.52. The Morgan fingerprint density at radius 3 is 2.13 bits per heavy atom. The fourth-order valence-corrected chi connectivity index (χ4v) is 1.37. The van der Waals surface area contributed by atoms with Gasteiger partial charge in [-0.3, -0.25) is 0 Å². The number of nitrogens with two attached hydrogens (primary N) is 1. The van der Waals surface area contributed by atoms with E-state index in [9.17, 15) is 13.2 Å². The van der Waals surface area contributed by atoms with Crippen molar-refractivity contribution < 1.29 is 13.2 Å². The highest BCUT2D eigenvalue weighted by molar-refractivity contribution is 5.25. The van der Waals surface area contributed by atoms with Crippen LogP contribution in [0.3, 0.4) is 0 Å². The first-order chi connectivity index (χ1) is 6.95. The molecule has 0 heterocycles. The number of alkyl halides is 3. The van der Waals surface area contributed by atoms with Crippen LogP contribution in [0, 0.1) is 0 Å². The minimum absolute atomic E-state index is 0.113. The first-order valence-corrected chi connectivity index (χ1v) is 4.86. The molecule has 1 nitrogen and oxygen atoms in total. The Hall–Kier alpha value is -1.03. The van der Waals surface area contributed by atoms with Crippen molar-refractivity contribution >= 4 is 0 Å². The summed E-state index contributed by atoms with van der Waals surface area (Å²) in [5.74, 6) is 0. The second-order valence-electron chi connectivity index (χ2n) is 3.51. The maximum absolute atomic E-state index is 12.3. The van der Waals surface area contributed by atoms with Gasteiger partial charge in [0.15, 0.2) is 0 Å². The van der Waals surface area contributed by atoms with Crippen LogP contribution in [0.4, 0.5) is 13.2 Å². The summed E-state index contributed by atoms with van der Waals surface area (Å²) in [5.41, 5.74) is 6.22. The van der Waals surface area contributed by atoms with Gasteiger partial charge in [0.1, 0.15) is 6.04 Å². The van der Waals surface area contributed by atoms with E-state index < -0.39 is 12.2 Å². The number of halogens is 3. The van der Waals surface area contributed by atoms with E-state index in [-0.39, 0.29) is 5.56 Å². The third-order valence-corrected chi connectivity index (χ3v) is 2.23. The molecule has 0 aliphatic rings. The lowest BCUT2D eigenvalue weighted by molar-refractivity contribution is -0.149. The molecule has 0 radical (unpaired) electrons. The van der Waals surface area contributed by atoms with Gasteiger partial charge in [-0.2, -0.15) is 13.2 Å². The summed E-state index contributed by atoms with van der Waals surface area (Å²) >= 11 is 0. The molecule has 0 aromatic heterocycles. The molecule has 0 bridgehead atoms. The average Bonchev–Trinajstić information content (AvgIpc) is 2.17. The first kappa shape index (κ1) is 12.0. The number of benzene rings is 1. The van der Waals surface area contributed by atoms with Gasteiger partial charge in [-0.25, -0.2) is 0 Å². The molecule has 0 aliphatic carbocycles. The number of hydrogen-bond acceptors (Lipinski definition) is 1. The topological polar surface area (TPSA) is 26.0 Å². The largest absolute Gasteiger partial charge is 0.407 e. The lowest BCUT2D eigenvalue weighted by Crippen LogP contribution is -2.28. The smallest absolute Gasteiger partial charge is 0.316 e. The van der Waals surface area contributed by atoms with E-state index in [4.69, 9.17) is 5.73 Å². The Balaban J connectivity index is 2.80. The van der Waals surface area contributed by atoms with Crippen LogP contribution in [0.1, 0.15) is 30.5 Å². The van der Waals surface area contributed by atoms with Gasteiger partial charge >= 0.3 is 6.18 Å². The molecule has 0 unspecified atom stereocenters. The lowest BCUT2D eigenvalue weighted by Gasteiger charge is -2.15. The fourth-order valence-electron chi connectivity index (χ4n) is 1.37. The second-order valence-corrected chi connectivity index (χ2v) is 3.51. The van der Waals surface area contributed by atoms with E-state index in [0.717, 1.165) is 18.4 Å². The zero-order valence-corrected chi connectivity index (χ0v) is 8.51. The predicted molar refractivity (Wildman–Crippen MR) is 53.4 cm³/mol. The van der Waals surface area contributed by atoms with E-state index in [0.29, 0.717) is 0 Å². The summed E-state index contributed by atoms with van der Waals surface area (Å²) < 4.78 is 36.8. The van der Waals surface area contributed by atoms with E-state index in [2.05, 4.69) is 0 Å². The van der Waals surface area contributed by atoms with Crippen LogP contribution in [0.2, 0.25) is 0 Å². The van der Waals surface area contributed by atoms with Gasteiger partial charge in [-0.15, -0.1) is 0 Å². The van der Waals surface area contributed by atoms with Gasteiger partial charge < -0.3 is 5.73 Å². The zero-order valence-electron chi connectivity index (χ0n) is 8.51. The van der Waals surface area contributed by atoms with E-state index in [1.807, 2.05) is 6.92 Å². The van der Waals surface area contributed by atoms with Crippen molar-refractivity contribution in [3.63, 3.8) is 0 Å². The molecule has 4 heteroatoms. The van der Waals surface area contributed by atoms with Crippen molar-refractivity contribution in [2.75, 3.05) is 0 Å². The van der Waals surface area contributed by atoms with Gasteiger partial charge in [0.2, 0.25) is 0 Å². The normalized spacial score (nSPS) is 13.9. The first-order valence-electron chi connectivity index (χ1n) is 4.86. The molecule has 0 fully saturated rings. The molecular formula is C11H14F3N. The van der Waals surface area contributed by atoms with Gasteiger partial charge in [-0.05, 0) is 17.5 Å². The summed E-state index contributed by atoms with van der Waals surface area (Å²) in [5, 5.41) is 0. The molecule has 1 aromatic rings. The Labute approximate surface area is 87.1 Å². The molecule has 0 spiro atoms. The van der Waals surface area contributed by atoms with Crippen LogP contribution in [-0.4, -0.2) is 6.18 Å². The Morgan fingerprint density at radius 2 is 1.73 bits per heavy atom. The molecule has 0 saturated carbocycles. The molecule has 1 rings (SSSR count). The van der Waals surface area contributed by atoms with Crippen LogP contribution in [0.5, 0.6) is 0 Å². The van der Waals surface area contributed by atoms with Crippen molar-refractivity contribution in [3.05, 3.63) is 35.4 Å². The second kappa shape index (κ2) is 4.66. The Bertz CT molecular complexity index is 303. The van der Waals surface area contributed by atoms with Gasteiger partial charge in [0, 0.05) is 0 Å². The minimum atomic E-state index is -4.37. The van der Waals surface area contributed by atoms with Crippen molar-refractivity contribution in [2.45, 2.75) is 32.0 Å². The molecule has 0 amide bonds. The van der Waals surface area contributed by atoms with Crippen molar-refractivity contribution in [2.24, 2.45) is 5.73 Å².